The molecule has 3 heteroatoms. The molecule has 1 aromatic rings. The highest BCUT2D eigenvalue weighted by atomic mass is 16.3. The van der Waals surface area contributed by atoms with E-state index in [4.69, 9.17) is 5.11 Å². The zero-order chi connectivity index (χ0) is 9.68. The van der Waals surface area contributed by atoms with Crippen molar-refractivity contribution in [2.45, 2.75) is 0 Å². The van der Waals surface area contributed by atoms with Gasteiger partial charge in [0.05, 0.1) is 5.56 Å². The van der Waals surface area contributed by atoms with Crippen molar-refractivity contribution in [2.75, 3.05) is 6.61 Å². The van der Waals surface area contributed by atoms with Gasteiger partial charge in [-0.15, -0.1) is 0 Å². The van der Waals surface area contributed by atoms with Crippen LogP contribution in [0.4, 0.5) is 0 Å². The lowest BCUT2D eigenvalue weighted by atomic mass is 10.1. The molecule has 0 aliphatic heterocycles. The number of phenolic OH excluding ortho intramolecular Hbond substituents is 1. The number of aldehydes is 1. The number of benzene rings is 1. The molecule has 0 aromatic heterocycles. The molecule has 66 valence electrons. The summed E-state index contributed by atoms with van der Waals surface area (Å²) >= 11 is 0. The van der Waals surface area contributed by atoms with Crippen LogP contribution in [0.25, 0.3) is 0 Å². The largest absolute Gasteiger partial charge is 0.507 e. The summed E-state index contributed by atoms with van der Waals surface area (Å²) in [5.74, 6) is 4.92. The topological polar surface area (TPSA) is 57.5 Å². The van der Waals surface area contributed by atoms with Gasteiger partial charge in [-0.2, -0.15) is 0 Å². The maximum Gasteiger partial charge on any atom is 0.150 e. The van der Waals surface area contributed by atoms with E-state index in [0.717, 1.165) is 0 Å². The van der Waals surface area contributed by atoms with Crippen molar-refractivity contribution in [3.8, 4) is 17.6 Å². The monoisotopic (exact) mass is 176 g/mol. The maximum atomic E-state index is 10.4. The molecule has 0 unspecified atom stereocenters. The number of aliphatic hydroxyl groups excluding tert-OH is 1. The number of carbonyl (C=O) groups excluding carboxylic acids is 1. The third kappa shape index (κ3) is 2.32. The van der Waals surface area contributed by atoms with Gasteiger partial charge in [-0.05, 0) is 18.2 Å². The minimum absolute atomic E-state index is 0.00606. The van der Waals surface area contributed by atoms with Crippen molar-refractivity contribution >= 4 is 6.29 Å². The van der Waals surface area contributed by atoms with E-state index in [9.17, 15) is 9.90 Å². The summed E-state index contributed by atoms with van der Waals surface area (Å²) in [6.07, 6.45) is 0.670. The van der Waals surface area contributed by atoms with Gasteiger partial charge in [-0.1, -0.05) is 11.8 Å². The Kier molecular flexibility index (Phi) is 3.07. The van der Waals surface area contributed by atoms with Crippen LogP contribution in [0.15, 0.2) is 18.2 Å². The van der Waals surface area contributed by atoms with E-state index in [0.29, 0.717) is 17.4 Å². The highest BCUT2D eigenvalue weighted by molar-refractivity contribution is 5.76. The number of aromatic hydroxyl groups is 1. The Bertz CT molecular complexity index is 371. The quantitative estimate of drug-likeness (QED) is 0.485. The molecule has 0 amide bonds. The van der Waals surface area contributed by atoms with Gasteiger partial charge in [-0.25, -0.2) is 0 Å². The van der Waals surface area contributed by atoms with Crippen LogP contribution in [-0.2, 0) is 0 Å². The molecule has 0 bridgehead atoms. The van der Waals surface area contributed by atoms with Gasteiger partial charge in [0, 0.05) is 5.56 Å². The number of carbonyl (C=O) groups is 1. The Balaban J connectivity index is 3.11. The van der Waals surface area contributed by atoms with Crippen LogP contribution in [0.1, 0.15) is 15.9 Å². The smallest absolute Gasteiger partial charge is 0.150 e. The summed E-state index contributed by atoms with van der Waals surface area (Å²) in [7, 11) is 0. The highest BCUT2D eigenvalue weighted by Gasteiger charge is 1.98. The van der Waals surface area contributed by atoms with Gasteiger partial charge in [0.25, 0.3) is 0 Å². The number of phenols is 1. The van der Waals surface area contributed by atoms with Crippen molar-refractivity contribution in [1.82, 2.24) is 0 Å². The Morgan fingerprint density at radius 2 is 2.23 bits per heavy atom. The first kappa shape index (κ1) is 9.30. The fourth-order valence-corrected chi connectivity index (χ4v) is 0.862. The Hall–Kier alpha value is -1.79. The summed E-state index contributed by atoms with van der Waals surface area (Å²) in [6, 6.07) is 4.35. The molecule has 13 heavy (non-hydrogen) atoms. The molecular formula is C10H8O3. The average Bonchev–Trinajstić information content (AvgIpc) is 2.17. The third-order valence-corrected chi connectivity index (χ3v) is 1.46. The molecule has 0 saturated heterocycles. The van der Waals surface area contributed by atoms with Crippen LogP contribution >= 0.6 is 0 Å². The van der Waals surface area contributed by atoms with E-state index in [1.165, 1.54) is 18.2 Å². The summed E-state index contributed by atoms with van der Waals surface area (Å²) < 4.78 is 0. The maximum absolute atomic E-state index is 10.4. The van der Waals surface area contributed by atoms with E-state index in [2.05, 4.69) is 11.8 Å². The van der Waals surface area contributed by atoms with E-state index < -0.39 is 0 Å². The molecule has 2 N–H and O–H groups in total. The molecule has 0 fully saturated rings. The first-order valence-electron chi connectivity index (χ1n) is 3.66. The zero-order valence-electron chi connectivity index (χ0n) is 6.82. The molecule has 0 spiro atoms. The minimum Gasteiger partial charge on any atom is -0.507 e. The van der Waals surface area contributed by atoms with Crippen molar-refractivity contribution in [3.63, 3.8) is 0 Å². The lowest BCUT2D eigenvalue weighted by Crippen LogP contribution is -1.83. The zero-order valence-corrected chi connectivity index (χ0v) is 6.82. The molecular weight excluding hydrogens is 168 g/mol. The number of hydrogen-bond acceptors (Lipinski definition) is 3. The van der Waals surface area contributed by atoms with Crippen LogP contribution in [-0.4, -0.2) is 23.1 Å². The third-order valence-electron chi connectivity index (χ3n) is 1.46. The lowest BCUT2D eigenvalue weighted by Gasteiger charge is -1.96. The van der Waals surface area contributed by atoms with Gasteiger partial charge in [0.15, 0.2) is 0 Å². The lowest BCUT2D eigenvalue weighted by molar-refractivity contribution is 0.112. The first-order valence-corrected chi connectivity index (χ1v) is 3.66. The standard InChI is InChI=1S/C10H8O3/c11-5-1-2-9-6-8(7-12)3-4-10(9)13/h3-4,6-7,11,13H,5H2. The normalized spacial score (nSPS) is 8.69. The van der Waals surface area contributed by atoms with Crippen molar-refractivity contribution in [1.29, 1.82) is 0 Å². The van der Waals surface area contributed by atoms with Crippen molar-refractivity contribution < 1.29 is 15.0 Å². The summed E-state index contributed by atoms with van der Waals surface area (Å²) in [5, 5.41) is 17.7. The molecule has 1 rings (SSSR count). The van der Waals surface area contributed by atoms with Crippen molar-refractivity contribution in [2.24, 2.45) is 0 Å². The summed E-state index contributed by atoms with van der Waals surface area (Å²) in [6.45, 7) is -0.273. The molecule has 3 nitrogen and oxygen atoms in total. The van der Waals surface area contributed by atoms with E-state index in [-0.39, 0.29) is 12.4 Å². The van der Waals surface area contributed by atoms with Crippen LogP contribution in [0.3, 0.4) is 0 Å². The van der Waals surface area contributed by atoms with Gasteiger partial charge in [0.1, 0.15) is 18.6 Å². The molecule has 0 radical (unpaired) electrons. The van der Waals surface area contributed by atoms with Crippen molar-refractivity contribution in [3.05, 3.63) is 29.3 Å². The Morgan fingerprint density at radius 1 is 1.46 bits per heavy atom. The summed E-state index contributed by atoms with van der Waals surface area (Å²) in [5.41, 5.74) is 0.790. The van der Waals surface area contributed by atoms with Crippen LogP contribution in [0.5, 0.6) is 5.75 Å². The fraction of sp³-hybridized carbons (Fsp3) is 0.100. The van der Waals surface area contributed by atoms with Crippen LogP contribution in [0, 0.1) is 11.8 Å². The number of hydrogen-bond donors (Lipinski definition) is 2. The first-order chi connectivity index (χ1) is 6.27. The summed E-state index contributed by atoms with van der Waals surface area (Å²) in [4.78, 5) is 10.4. The van der Waals surface area contributed by atoms with Gasteiger partial charge < -0.3 is 10.2 Å². The molecule has 0 atom stereocenters. The number of aliphatic hydroxyl groups is 1. The minimum atomic E-state index is -0.273. The predicted octanol–water partition coefficient (Wildman–Crippen LogP) is 0.548. The fourth-order valence-electron chi connectivity index (χ4n) is 0.862. The van der Waals surface area contributed by atoms with E-state index in [1.807, 2.05) is 0 Å². The SMILES string of the molecule is O=Cc1ccc(O)c(C#CCO)c1. The van der Waals surface area contributed by atoms with E-state index >= 15 is 0 Å². The average molecular weight is 176 g/mol. The van der Waals surface area contributed by atoms with Crippen LogP contribution in [0.2, 0.25) is 0 Å². The highest BCUT2D eigenvalue weighted by Crippen LogP contribution is 2.16. The predicted molar refractivity (Wildman–Crippen MR) is 47.5 cm³/mol. The second-order valence-corrected chi connectivity index (χ2v) is 2.35. The van der Waals surface area contributed by atoms with E-state index in [1.54, 1.807) is 0 Å². The Labute approximate surface area is 75.6 Å². The second-order valence-electron chi connectivity index (χ2n) is 2.35. The molecule has 0 heterocycles. The molecule has 1 aromatic carbocycles. The molecule has 0 saturated carbocycles. The molecule has 0 aliphatic rings. The molecule has 0 aliphatic carbocycles. The van der Waals surface area contributed by atoms with Gasteiger partial charge in [0.2, 0.25) is 0 Å². The Morgan fingerprint density at radius 3 is 2.85 bits per heavy atom. The van der Waals surface area contributed by atoms with Crippen LogP contribution < -0.4 is 0 Å². The number of rotatable bonds is 1. The van der Waals surface area contributed by atoms with Gasteiger partial charge in [-0.3, -0.25) is 4.79 Å². The van der Waals surface area contributed by atoms with Gasteiger partial charge >= 0.3 is 0 Å². The second kappa shape index (κ2) is 4.29.